The van der Waals surface area contributed by atoms with E-state index in [0.717, 1.165) is 46.6 Å². The smallest absolute Gasteiger partial charge is 0.410 e. The average molecular weight is 1130 g/mol. The number of allylic oxidation sites excluding steroid dienone is 4. The van der Waals surface area contributed by atoms with Crippen LogP contribution in [0.5, 0.6) is 5.75 Å². The van der Waals surface area contributed by atoms with Crippen LogP contribution in [0.4, 0.5) is 20.1 Å². The monoisotopic (exact) mass is 1130 g/mol. The number of alkyl carbamates (subject to hydrolysis) is 1. The Kier molecular flexibility index (Phi) is 20.8. The molecule has 4 aliphatic heterocycles. The minimum atomic E-state index is -1.91. The summed E-state index contributed by atoms with van der Waals surface area (Å²) in [5.41, 5.74) is -1.37. The summed E-state index contributed by atoms with van der Waals surface area (Å²) < 4.78 is 35.0. The molecule has 7 amide bonds. The van der Waals surface area contributed by atoms with Gasteiger partial charge in [-0.3, -0.25) is 29.3 Å². The van der Waals surface area contributed by atoms with Crippen LogP contribution in [-0.2, 0) is 63.7 Å². The number of anilines is 1. The van der Waals surface area contributed by atoms with Gasteiger partial charge in [-0.1, -0.05) is 66.6 Å². The summed E-state index contributed by atoms with van der Waals surface area (Å²) in [6.45, 7) is 6.20. The van der Waals surface area contributed by atoms with Crippen LogP contribution in [0.3, 0.4) is 0 Å². The van der Waals surface area contributed by atoms with E-state index in [-0.39, 0.29) is 36.5 Å². The number of imide groups is 1. The van der Waals surface area contributed by atoms with Crippen molar-refractivity contribution in [2.24, 2.45) is 5.92 Å². The third-order valence-corrected chi connectivity index (χ3v) is 15.7. The Bertz CT molecular complexity index is 2550. The Morgan fingerprint density at radius 1 is 1.01 bits per heavy atom. The van der Waals surface area contributed by atoms with Crippen molar-refractivity contribution in [1.82, 2.24) is 25.5 Å². The van der Waals surface area contributed by atoms with Gasteiger partial charge in [-0.15, -0.1) is 5.06 Å². The van der Waals surface area contributed by atoms with Crippen LogP contribution in [0.25, 0.3) is 0 Å². The van der Waals surface area contributed by atoms with Crippen molar-refractivity contribution in [3.05, 3.63) is 58.7 Å². The molecule has 6 rings (SSSR count). The zero-order valence-corrected chi connectivity index (χ0v) is 47.0. The summed E-state index contributed by atoms with van der Waals surface area (Å²) in [5, 5.41) is 16.5. The molecule has 4 bridgehead atoms. The molecular weight excluding hydrogens is 1060 g/mol. The summed E-state index contributed by atoms with van der Waals surface area (Å²) in [4.78, 5) is 128. The maximum Gasteiger partial charge on any atom is 0.410 e. The lowest BCUT2D eigenvalue weighted by Crippen LogP contribution is -2.63. The SMILES string of the molecule is COc1cc2cc(c1Cl)N(C)C(=O)C[C@H](OC(=O)[C@H](C)N(C)C(=O)CCSC(=O)NC(CN(C)C(=O)OC1/C=C/CCCCC1)C(=O)ON1C(=O)CCC1=O)[C@]1(C)OC1[C@H](C)[C@@H]1C[C@@](O)(NC(=O)O1)[C@H](OC)/C=C/C=C(\C)C2. The number of epoxide rings is 1. The lowest BCUT2D eigenvalue weighted by Gasteiger charge is -2.42. The van der Waals surface area contributed by atoms with Crippen molar-refractivity contribution in [3.63, 3.8) is 0 Å². The average Bonchev–Trinajstić information content (AvgIpc) is 4.14. The van der Waals surface area contributed by atoms with E-state index in [1.807, 2.05) is 19.1 Å². The van der Waals surface area contributed by atoms with E-state index in [9.17, 15) is 48.3 Å². The molecule has 23 nitrogen and oxygen atoms in total. The first-order valence-corrected chi connectivity index (χ1v) is 27.2. The Morgan fingerprint density at radius 2 is 1.73 bits per heavy atom. The number of hydrogen-bond donors (Lipinski definition) is 3. The molecule has 1 aromatic rings. The fraction of sp³-hybridized carbons (Fsp3) is 0.604. The van der Waals surface area contributed by atoms with Crippen LogP contribution in [0.1, 0.15) is 97.5 Å². The van der Waals surface area contributed by atoms with E-state index >= 15 is 0 Å². The van der Waals surface area contributed by atoms with E-state index in [4.69, 9.17) is 44.9 Å². The molecule has 3 N–H and O–H groups in total. The summed E-state index contributed by atoms with van der Waals surface area (Å²) in [5.74, 6) is -5.26. The Hall–Kier alpha value is -6.21. The van der Waals surface area contributed by atoms with E-state index in [1.165, 1.54) is 47.2 Å². The molecule has 25 heteroatoms. The van der Waals surface area contributed by atoms with Gasteiger partial charge in [0.1, 0.15) is 52.9 Å². The number of likely N-dealkylation sites (N-methyl/N-ethyl adjacent to an activating group) is 2. The predicted octanol–water partition coefficient (Wildman–Crippen LogP) is 5.28. The van der Waals surface area contributed by atoms with Gasteiger partial charge < -0.3 is 58.4 Å². The number of ether oxygens (including phenoxy) is 6. The van der Waals surface area contributed by atoms with Gasteiger partial charge in [0.25, 0.3) is 17.1 Å². The Morgan fingerprint density at radius 3 is 2.42 bits per heavy atom. The number of thioether (sulfide) groups is 1. The van der Waals surface area contributed by atoms with Gasteiger partial charge in [-0.2, -0.15) is 0 Å². The number of hydroxylamine groups is 2. The molecule has 10 atom stereocenters. The molecule has 0 spiro atoms. The Balaban J connectivity index is 1.15. The largest absolute Gasteiger partial charge is 0.495 e. The topological polar surface area (TPSA) is 279 Å². The lowest BCUT2D eigenvalue weighted by molar-refractivity contribution is -0.199. The van der Waals surface area contributed by atoms with E-state index in [2.05, 4.69) is 10.6 Å². The number of methoxy groups -OCH3 is 2. The molecule has 0 radical (unpaired) electrons. The molecule has 3 unspecified atom stereocenters. The standard InChI is InChI=1S/C53H71ClN6O17S/c1-30-16-15-19-39(72-9)53(70)28-38(74-49(67)56-53)31(2)46-52(4,76-46)40(27-44(64)59(7)36-25-33(24-30)26-37(71-8)45(36)54)75-47(65)32(3)58(6)41(61)22-23-78-50(68)55-35(48(66)77-60-42(62)20-21-43(60)63)29-57(5)51(69)73-34-17-13-11-10-12-14-18-34/h13,15-17,19,25-26,31-32,34-35,38-40,46,70H,10-12,14,18,20-24,27-29H2,1-9H3,(H,55,68)(H,56,67)/b17-13+,19-15+,30-16+/t31-,32+,34?,35?,38+,39-,40+,46?,52+,53+/m1/s1. The molecule has 78 heavy (non-hydrogen) atoms. The number of hydrogen-bond acceptors (Lipinski definition) is 18. The number of fused-ring (bicyclic) bond motifs is 5. The first-order valence-electron chi connectivity index (χ1n) is 25.8. The van der Waals surface area contributed by atoms with Gasteiger partial charge in [-0.05, 0) is 76.6 Å². The second-order valence-electron chi connectivity index (χ2n) is 20.3. The van der Waals surface area contributed by atoms with Gasteiger partial charge in [0.15, 0.2) is 5.72 Å². The summed E-state index contributed by atoms with van der Waals surface area (Å²) in [7, 11) is 7.05. The number of benzene rings is 1. The maximum atomic E-state index is 14.4. The molecule has 0 saturated carbocycles. The first-order chi connectivity index (χ1) is 36.9. The zero-order valence-electron chi connectivity index (χ0n) is 45.4. The number of esters is 1. The number of amides is 7. The first kappa shape index (κ1) is 61.0. The van der Waals surface area contributed by atoms with Gasteiger partial charge in [0, 0.05) is 65.6 Å². The van der Waals surface area contributed by atoms with Gasteiger partial charge in [0.2, 0.25) is 11.8 Å². The van der Waals surface area contributed by atoms with E-state index < -0.39 is 126 Å². The van der Waals surface area contributed by atoms with Crippen LogP contribution >= 0.6 is 23.4 Å². The van der Waals surface area contributed by atoms with Crippen molar-refractivity contribution in [1.29, 1.82) is 0 Å². The second kappa shape index (κ2) is 26.6. The number of carbonyl (C=O) groups is 9. The van der Waals surface area contributed by atoms with Gasteiger partial charge in [-0.25, -0.2) is 19.2 Å². The number of carbonyl (C=O) groups excluding carboxylic acids is 9. The van der Waals surface area contributed by atoms with Crippen molar-refractivity contribution >= 4 is 82.0 Å². The highest BCUT2D eigenvalue weighted by Gasteiger charge is 2.64. The highest BCUT2D eigenvalue weighted by atomic mass is 35.5. The minimum Gasteiger partial charge on any atom is -0.495 e. The van der Waals surface area contributed by atoms with Crippen molar-refractivity contribution in [3.8, 4) is 5.75 Å². The molecule has 3 saturated heterocycles. The lowest BCUT2D eigenvalue weighted by atomic mass is 9.83. The summed E-state index contributed by atoms with van der Waals surface area (Å²) in [6, 6.07) is 0.644. The van der Waals surface area contributed by atoms with E-state index in [0.29, 0.717) is 41.1 Å². The van der Waals surface area contributed by atoms with Crippen LogP contribution in [0.2, 0.25) is 5.02 Å². The highest BCUT2D eigenvalue weighted by molar-refractivity contribution is 8.13. The number of aliphatic hydroxyl groups is 1. The fourth-order valence-electron chi connectivity index (χ4n) is 9.59. The van der Waals surface area contributed by atoms with Crippen LogP contribution in [0, 0.1) is 5.92 Å². The quantitative estimate of drug-likeness (QED) is 0.0702. The highest BCUT2D eigenvalue weighted by Crippen LogP contribution is 2.49. The van der Waals surface area contributed by atoms with Crippen molar-refractivity contribution in [2.45, 2.75) is 152 Å². The number of halogens is 1. The van der Waals surface area contributed by atoms with Crippen molar-refractivity contribution < 1.29 is 81.5 Å². The third-order valence-electron chi connectivity index (χ3n) is 14.6. The molecular formula is C53H71ClN6O17S. The molecule has 1 aromatic carbocycles. The zero-order chi connectivity index (χ0) is 57.2. The fourth-order valence-corrected chi connectivity index (χ4v) is 10.6. The van der Waals surface area contributed by atoms with Crippen LogP contribution in [0.15, 0.2) is 48.1 Å². The van der Waals surface area contributed by atoms with Crippen LogP contribution < -0.4 is 20.3 Å². The minimum absolute atomic E-state index is 0.135. The molecule has 3 fully saturated rings. The van der Waals surface area contributed by atoms with Gasteiger partial charge >= 0.3 is 24.1 Å². The number of rotatable bonds is 14. The third kappa shape index (κ3) is 15.1. The maximum absolute atomic E-state index is 14.4. The van der Waals surface area contributed by atoms with E-state index in [1.54, 1.807) is 44.2 Å². The molecule has 5 aliphatic rings. The molecule has 0 aromatic heterocycles. The Labute approximate surface area is 462 Å². The normalized spacial score (nSPS) is 28.8. The van der Waals surface area contributed by atoms with Crippen molar-refractivity contribution in [2.75, 3.05) is 52.6 Å². The molecule has 4 heterocycles. The second-order valence-corrected chi connectivity index (χ2v) is 21.8. The predicted molar refractivity (Wildman–Crippen MR) is 283 cm³/mol. The van der Waals surface area contributed by atoms with Crippen LogP contribution in [-0.4, -0.2) is 175 Å². The number of nitrogens with one attached hydrogen (secondary N) is 2. The summed E-state index contributed by atoms with van der Waals surface area (Å²) >= 11 is 7.42. The summed E-state index contributed by atoms with van der Waals surface area (Å²) in [6.07, 6.45) is 6.04. The number of nitrogens with zero attached hydrogens (tertiary/aromatic N) is 4. The van der Waals surface area contributed by atoms with Gasteiger partial charge in [0.05, 0.1) is 31.9 Å². The molecule has 1 aliphatic carbocycles. The molecule has 428 valence electrons.